The maximum Gasteiger partial charge on any atom is 0.336 e. The highest BCUT2D eigenvalue weighted by atomic mass is 16.4. The molecule has 5 heteroatoms. The van der Waals surface area contributed by atoms with E-state index in [2.05, 4.69) is 4.99 Å². The van der Waals surface area contributed by atoms with Crippen LogP contribution in [-0.2, 0) is 0 Å². The first-order valence-electron chi connectivity index (χ1n) is 8.10. The van der Waals surface area contributed by atoms with E-state index in [1.54, 1.807) is 31.3 Å². The summed E-state index contributed by atoms with van der Waals surface area (Å²) in [6.45, 7) is 0. The van der Waals surface area contributed by atoms with Crippen molar-refractivity contribution in [1.82, 2.24) is 0 Å². The minimum Gasteiger partial charge on any atom is -0.478 e. The van der Waals surface area contributed by atoms with E-state index in [0.29, 0.717) is 22.6 Å². The Balaban J connectivity index is 2.21. The zero-order valence-electron chi connectivity index (χ0n) is 14.1. The van der Waals surface area contributed by atoms with Crippen molar-refractivity contribution in [1.29, 1.82) is 0 Å². The van der Waals surface area contributed by atoms with Crippen LogP contribution in [0.15, 0.2) is 70.1 Å². The first kappa shape index (κ1) is 15.9. The van der Waals surface area contributed by atoms with E-state index in [9.17, 15) is 9.90 Å². The summed E-state index contributed by atoms with van der Waals surface area (Å²) in [6.07, 6.45) is 0. The lowest BCUT2D eigenvalue weighted by atomic mass is 9.91. The number of fused-ring (bicyclic) bond motifs is 2. The molecule has 0 spiro atoms. The molecule has 0 radical (unpaired) electrons. The van der Waals surface area contributed by atoms with Crippen LogP contribution in [0.3, 0.4) is 0 Å². The lowest BCUT2D eigenvalue weighted by molar-refractivity contribution is 0.0697. The van der Waals surface area contributed by atoms with Gasteiger partial charge in [0.25, 0.3) is 0 Å². The van der Waals surface area contributed by atoms with Crippen LogP contribution in [-0.4, -0.2) is 18.1 Å². The number of hydrogen-bond donors (Lipinski definition) is 2. The second-order valence-electron chi connectivity index (χ2n) is 5.99. The Morgan fingerprint density at radius 3 is 2.62 bits per heavy atom. The molecule has 0 amide bonds. The fourth-order valence-electron chi connectivity index (χ4n) is 3.21. The number of aromatic carboxylic acids is 1. The zero-order valence-corrected chi connectivity index (χ0v) is 14.1. The van der Waals surface area contributed by atoms with Gasteiger partial charge in [-0.1, -0.05) is 18.2 Å². The molecule has 0 bridgehead atoms. The van der Waals surface area contributed by atoms with Crippen molar-refractivity contribution in [3.63, 3.8) is 0 Å². The van der Waals surface area contributed by atoms with Gasteiger partial charge in [-0.2, -0.15) is 0 Å². The van der Waals surface area contributed by atoms with Crippen LogP contribution in [0.5, 0.6) is 0 Å². The maximum absolute atomic E-state index is 11.8. The number of hydrogen-bond acceptors (Lipinski definition) is 4. The van der Waals surface area contributed by atoms with Crippen LogP contribution in [0.1, 0.15) is 10.4 Å². The third kappa shape index (κ3) is 2.50. The fraction of sp³-hybridized carbons (Fsp3) is 0.0476. The number of nitrogens with two attached hydrogens (primary N) is 1. The Bertz CT molecular complexity index is 1190. The number of carbonyl (C=O) groups is 1. The number of rotatable bonds is 2. The fourth-order valence-corrected chi connectivity index (χ4v) is 3.21. The summed E-state index contributed by atoms with van der Waals surface area (Å²) in [5.41, 5.74) is 9.60. The summed E-state index contributed by atoms with van der Waals surface area (Å²) in [5.74, 6) is -0.347. The van der Waals surface area contributed by atoms with Gasteiger partial charge in [0.05, 0.1) is 10.9 Å². The second kappa shape index (κ2) is 6.04. The maximum atomic E-state index is 11.8. The van der Waals surface area contributed by atoms with Gasteiger partial charge in [0, 0.05) is 41.4 Å². The SMILES string of the molecule is C/N=c1\ccc2c(-c3ccccc3C(=O)O)c3ccc(N)cc3oc-2c1. The molecular weight excluding hydrogens is 328 g/mol. The Kier molecular flexibility index (Phi) is 3.69. The molecule has 3 N–H and O–H groups in total. The van der Waals surface area contributed by atoms with Crippen molar-refractivity contribution < 1.29 is 14.3 Å². The van der Waals surface area contributed by atoms with Gasteiger partial charge in [-0.15, -0.1) is 0 Å². The topological polar surface area (TPSA) is 88.8 Å². The van der Waals surface area contributed by atoms with Gasteiger partial charge in [-0.3, -0.25) is 4.99 Å². The molecule has 2 aromatic rings. The van der Waals surface area contributed by atoms with E-state index in [4.69, 9.17) is 10.2 Å². The molecule has 0 saturated heterocycles. The molecule has 0 fully saturated rings. The number of carboxylic acid groups (broad SMARTS) is 1. The average Bonchev–Trinajstić information content (AvgIpc) is 2.65. The number of carboxylic acids is 1. The number of nitrogen functional groups attached to an aromatic ring is 1. The summed E-state index contributed by atoms with van der Waals surface area (Å²) >= 11 is 0. The quantitative estimate of drug-likeness (QED) is 0.425. The summed E-state index contributed by atoms with van der Waals surface area (Å²) in [7, 11) is 1.71. The van der Waals surface area contributed by atoms with Gasteiger partial charge < -0.3 is 15.3 Å². The first-order chi connectivity index (χ1) is 12.6. The van der Waals surface area contributed by atoms with Crippen molar-refractivity contribution in [2.75, 3.05) is 12.8 Å². The van der Waals surface area contributed by atoms with Crippen molar-refractivity contribution in [2.45, 2.75) is 0 Å². The van der Waals surface area contributed by atoms with Gasteiger partial charge in [-0.25, -0.2) is 4.79 Å². The van der Waals surface area contributed by atoms with E-state index in [0.717, 1.165) is 21.9 Å². The molecule has 0 saturated carbocycles. The first-order valence-corrected chi connectivity index (χ1v) is 8.10. The van der Waals surface area contributed by atoms with Crippen molar-refractivity contribution in [3.8, 4) is 22.5 Å². The molecule has 4 rings (SSSR count). The van der Waals surface area contributed by atoms with Crippen LogP contribution >= 0.6 is 0 Å². The average molecular weight is 344 g/mol. The van der Waals surface area contributed by atoms with Gasteiger partial charge in [0.1, 0.15) is 11.3 Å². The number of benzene rings is 3. The van der Waals surface area contributed by atoms with Crippen LogP contribution < -0.4 is 11.1 Å². The van der Waals surface area contributed by atoms with Crippen molar-refractivity contribution >= 4 is 22.6 Å². The summed E-state index contributed by atoms with van der Waals surface area (Å²) in [5, 5.41) is 11.2. The molecule has 5 nitrogen and oxygen atoms in total. The molecule has 0 aromatic heterocycles. The standard InChI is InChI=1S/C21H16N2O3/c1-23-13-7-9-17-19(11-13)26-18-10-12(22)6-8-16(18)20(17)14-4-2-3-5-15(14)21(24)25/h2-11H,22H2,1H3,(H,24,25)/b23-13+. The molecule has 2 aromatic carbocycles. The van der Waals surface area contributed by atoms with Crippen molar-refractivity contribution in [3.05, 3.63) is 71.6 Å². The number of anilines is 1. The summed E-state index contributed by atoms with van der Waals surface area (Å²) < 4.78 is 6.04. The van der Waals surface area contributed by atoms with Crippen LogP contribution in [0.4, 0.5) is 5.69 Å². The molecule has 1 aliphatic carbocycles. The lowest BCUT2D eigenvalue weighted by Crippen LogP contribution is -2.04. The van der Waals surface area contributed by atoms with Gasteiger partial charge in [-0.05, 0) is 35.9 Å². The van der Waals surface area contributed by atoms with Crippen LogP contribution in [0, 0.1) is 0 Å². The smallest absolute Gasteiger partial charge is 0.336 e. The largest absolute Gasteiger partial charge is 0.478 e. The Labute approximate surface area is 149 Å². The third-order valence-electron chi connectivity index (χ3n) is 4.41. The van der Waals surface area contributed by atoms with Gasteiger partial charge in [0.15, 0.2) is 0 Å². The van der Waals surface area contributed by atoms with E-state index >= 15 is 0 Å². The predicted molar refractivity (Wildman–Crippen MR) is 101 cm³/mol. The van der Waals surface area contributed by atoms with Crippen LogP contribution in [0.2, 0.25) is 0 Å². The minimum absolute atomic E-state index is 0.238. The van der Waals surface area contributed by atoms with E-state index in [-0.39, 0.29) is 5.56 Å². The molecule has 1 aliphatic heterocycles. The van der Waals surface area contributed by atoms with Crippen molar-refractivity contribution in [2.24, 2.45) is 4.99 Å². The lowest BCUT2D eigenvalue weighted by Gasteiger charge is -2.17. The highest BCUT2D eigenvalue weighted by Gasteiger charge is 2.20. The normalized spacial score (nSPS) is 12.0. The molecule has 128 valence electrons. The predicted octanol–water partition coefficient (Wildman–Crippen LogP) is 4.02. The Hall–Kier alpha value is -3.60. The zero-order chi connectivity index (χ0) is 18.3. The number of nitrogens with zero attached hydrogens (tertiary/aromatic N) is 1. The molecule has 26 heavy (non-hydrogen) atoms. The van der Waals surface area contributed by atoms with Gasteiger partial charge in [0.2, 0.25) is 0 Å². The minimum atomic E-state index is -0.974. The second-order valence-corrected chi connectivity index (χ2v) is 5.99. The molecule has 0 atom stereocenters. The molecular formula is C21H16N2O3. The summed E-state index contributed by atoms with van der Waals surface area (Å²) in [4.78, 5) is 16.0. The Morgan fingerprint density at radius 1 is 1.04 bits per heavy atom. The van der Waals surface area contributed by atoms with E-state index < -0.39 is 5.97 Å². The third-order valence-corrected chi connectivity index (χ3v) is 4.41. The van der Waals surface area contributed by atoms with Gasteiger partial charge >= 0.3 is 5.97 Å². The highest BCUT2D eigenvalue weighted by molar-refractivity contribution is 6.07. The molecule has 0 unspecified atom stereocenters. The van der Waals surface area contributed by atoms with E-state index in [1.807, 2.05) is 36.4 Å². The summed E-state index contributed by atoms with van der Waals surface area (Å²) in [6, 6.07) is 18.0. The monoisotopic (exact) mass is 344 g/mol. The molecule has 1 heterocycles. The highest BCUT2D eigenvalue weighted by Crippen LogP contribution is 2.41. The van der Waals surface area contributed by atoms with Crippen LogP contribution in [0.25, 0.3) is 33.4 Å². The van der Waals surface area contributed by atoms with E-state index in [1.165, 1.54) is 0 Å². The Morgan fingerprint density at radius 2 is 1.85 bits per heavy atom. The molecule has 2 aliphatic rings.